The summed E-state index contributed by atoms with van der Waals surface area (Å²) in [6.45, 7) is 0.112. The molecule has 0 aromatic heterocycles. The predicted molar refractivity (Wildman–Crippen MR) is 35.3 cm³/mol. The molecule has 0 N–H and O–H groups in total. The number of hydroxylamine groups is 2. The zero-order valence-corrected chi connectivity index (χ0v) is 7.16. The summed E-state index contributed by atoms with van der Waals surface area (Å²) in [4.78, 5) is 4.15. The third kappa shape index (κ3) is 3.86. The van der Waals surface area contributed by atoms with Gasteiger partial charge >= 0.3 is 12.1 Å². The average molecular weight is 207 g/mol. The van der Waals surface area contributed by atoms with Gasteiger partial charge in [-0.2, -0.15) is 27.0 Å². The summed E-state index contributed by atoms with van der Waals surface area (Å²) in [5.74, 6) is -4.80. The monoisotopic (exact) mass is 207 g/mol. The molecular weight excluding hydrogens is 197 g/mol. The molecule has 0 radical (unpaired) electrons. The SMILES string of the molecule is CCN(C)OCC(F)(F)C(F)(F)F. The second kappa shape index (κ2) is 4.19. The highest BCUT2D eigenvalue weighted by Gasteiger charge is 2.57. The fourth-order valence-corrected chi connectivity index (χ4v) is 0.364. The molecule has 0 aliphatic carbocycles. The molecule has 0 aliphatic rings. The minimum absolute atomic E-state index is 0.230. The van der Waals surface area contributed by atoms with Crippen molar-refractivity contribution in [2.75, 3.05) is 20.2 Å². The first-order valence-electron chi connectivity index (χ1n) is 3.49. The molecule has 0 rings (SSSR count). The van der Waals surface area contributed by atoms with Gasteiger partial charge in [0.1, 0.15) is 6.61 Å². The summed E-state index contributed by atoms with van der Waals surface area (Å²) in [5, 5.41) is 0.902. The lowest BCUT2D eigenvalue weighted by Gasteiger charge is -2.22. The summed E-state index contributed by atoms with van der Waals surface area (Å²) >= 11 is 0. The van der Waals surface area contributed by atoms with Crippen LogP contribution in [0.1, 0.15) is 6.92 Å². The summed E-state index contributed by atoms with van der Waals surface area (Å²) in [6.07, 6.45) is -5.55. The number of halogens is 5. The van der Waals surface area contributed by atoms with Crippen molar-refractivity contribution in [3.05, 3.63) is 0 Å². The molecule has 7 heteroatoms. The number of alkyl halides is 5. The molecule has 0 saturated carbocycles. The lowest BCUT2D eigenvalue weighted by Crippen LogP contribution is -2.42. The van der Waals surface area contributed by atoms with Gasteiger partial charge in [-0.05, 0) is 0 Å². The molecule has 0 heterocycles. The van der Waals surface area contributed by atoms with Crippen molar-refractivity contribution < 1.29 is 26.8 Å². The van der Waals surface area contributed by atoms with E-state index >= 15 is 0 Å². The van der Waals surface area contributed by atoms with Gasteiger partial charge in [-0.15, -0.1) is 0 Å². The number of nitrogens with zero attached hydrogens (tertiary/aromatic N) is 1. The molecule has 0 unspecified atom stereocenters. The van der Waals surface area contributed by atoms with Crippen LogP contribution >= 0.6 is 0 Å². The maximum atomic E-state index is 12.2. The van der Waals surface area contributed by atoms with E-state index in [0.717, 1.165) is 5.06 Å². The Labute approximate surface area is 72.2 Å². The van der Waals surface area contributed by atoms with Crippen molar-refractivity contribution in [1.82, 2.24) is 5.06 Å². The van der Waals surface area contributed by atoms with E-state index in [1.54, 1.807) is 6.92 Å². The van der Waals surface area contributed by atoms with E-state index in [1.807, 2.05) is 0 Å². The molecule has 0 fully saturated rings. The van der Waals surface area contributed by atoms with Crippen LogP contribution in [0.15, 0.2) is 0 Å². The van der Waals surface area contributed by atoms with E-state index in [9.17, 15) is 22.0 Å². The highest BCUT2D eigenvalue weighted by atomic mass is 19.4. The van der Waals surface area contributed by atoms with Crippen molar-refractivity contribution >= 4 is 0 Å². The van der Waals surface area contributed by atoms with Crippen LogP contribution in [-0.2, 0) is 4.84 Å². The summed E-state index contributed by atoms with van der Waals surface area (Å²) in [5.41, 5.74) is 0. The van der Waals surface area contributed by atoms with Crippen molar-refractivity contribution in [3.8, 4) is 0 Å². The first-order chi connectivity index (χ1) is 5.70. The lowest BCUT2D eigenvalue weighted by molar-refractivity contribution is -0.318. The van der Waals surface area contributed by atoms with Gasteiger partial charge in [-0.3, -0.25) is 4.84 Å². The zero-order valence-electron chi connectivity index (χ0n) is 7.16. The van der Waals surface area contributed by atoms with E-state index in [4.69, 9.17) is 0 Å². The fraction of sp³-hybridized carbons (Fsp3) is 1.00. The van der Waals surface area contributed by atoms with Crippen LogP contribution in [0, 0.1) is 0 Å². The molecular formula is C6H10F5NO. The number of hydrogen-bond acceptors (Lipinski definition) is 2. The Hall–Kier alpha value is -0.430. The summed E-state index contributed by atoms with van der Waals surface area (Å²) in [7, 11) is 1.27. The second-order valence-electron chi connectivity index (χ2n) is 2.42. The largest absolute Gasteiger partial charge is 0.455 e. The maximum absolute atomic E-state index is 12.2. The lowest BCUT2D eigenvalue weighted by atomic mass is 10.3. The molecule has 0 spiro atoms. The van der Waals surface area contributed by atoms with Gasteiger partial charge < -0.3 is 0 Å². The molecule has 0 aromatic carbocycles. The smallest absolute Gasteiger partial charge is 0.293 e. The first kappa shape index (κ1) is 12.6. The van der Waals surface area contributed by atoms with Crippen molar-refractivity contribution in [2.24, 2.45) is 0 Å². The van der Waals surface area contributed by atoms with Crippen molar-refractivity contribution in [1.29, 1.82) is 0 Å². The molecule has 0 bridgehead atoms. The van der Waals surface area contributed by atoms with Gasteiger partial charge in [0.05, 0.1) is 0 Å². The minimum Gasteiger partial charge on any atom is -0.293 e. The second-order valence-corrected chi connectivity index (χ2v) is 2.42. The minimum atomic E-state index is -5.55. The van der Waals surface area contributed by atoms with E-state index in [1.165, 1.54) is 7.05 Å². The van der Waals surface area contributed by atoms with E-state index < -0.39 is 18.7 Å². The number of hydrogen-bond donors (Lipinski definition) is 0. The zero-order chi connectivity index (χ0) is 10.7. The van der Waals surface area contributed by atoms with Crippen molar-refractivity contribution in [2.45, 2.75) is 19.0 Å². The van der Waals surface area contributed by atoms with E-state index in [2.05, 4.69) is 4.84 Å². The van der Waals surface area contributed by atoms with Gasteiger partial charge in [0.2, 0.25) is 0 Å². The molecule has 0 saturated heterocycles. The van der Waals surface area contributed by atoms with Gasteiger partial charge in [0.25, 0.3) is 0 Å². The van der Waals surface area contributed by atoms with E-state index in [0.29, 0.717) is 0 Å². The van der Waals surface area contributed by atoms with E-state index in [-0.39, 0.29) is 6.54 Å². The standard InChI is InChI=1S/C6H10F5NO/c1-3-12(2)13-4-5(7,8)6(9,10)11/h3-4H2,1-2H3. The normalized spacial score (nSPS) is 13.8. The summed E-state index contributed by atoms with van der Waals surface area (Å²) in [6, 6.07) is 0. The topological polar surface area (TPSA) is 12.5 Å². The molecule has 0 aliphatic heterocycles. The predicted octanol–water partition coefficient (Wildman–Crippen LogP) is 2.07. The van der Waals surface area contributed by atoms with Crippen LogP contribution in [0.25, 0.3) is 0 Å². The molecule has 0 amide bonds. The maximum Gasteiger partial charge on any atom is 0.455 e. The Bertz CT molecular complexity index is 158. The Morgan fingerprint density at radius 3 is 1.92 bits per heavy atom. The fourth-order valence-electron chi connectivity index (χ4n) is 0.364. The van der Waals surface area contributed by atoms with Gasteiger partial charge in [0.15, 0.2) is 0 Å². The highest BCUT2D eigenvalue weighted by Crippen LogP contribution is 2.35. The average Bonchev–Trinajstić information content (AvgIpc) is 1.98. The van der Waals surface area contributed by atoms with Crippen LogP contribution in [0.2, 0.25) is 0 Å². The van der Waals surface area contributed by atoms with Crippen LogP contribution < -0.4 is 0 Å². The Morgan fingerprint density at radius 2 is 1.62 bits per heavy atom. The van der Waals surface area contributed by atoms with Crippen LogP contribution in [0.5, 0.6) is 0 Å². The van der Waals surface area contributed by atoms with Gasteiger partial charge in [-0.25, -0.2) is 0 Å². The highest BCUT2D eigenvalue weighted by molar-refractivity contribution is 4.74. The Morgan fingerprint density at radius 1 is 1.15 bits per heavy atom. The Kier molecular flexibility index (Phi) is 4.05. The van der Waals surface area contributed by atoms with Crippen LogP contribution in [0.3, 0.4) is 0 Å². The molecule has 0 aromatic rings. The van der Waals surface area contributed by atoms with Crippen molar-refractivity contribution in [3.63, 3.8) is 0 Å². The van der Waals surface area contributed by atoms with Gasteiger partial charge in [0, 0.05) is 13.6 Å². The third-order valence-corrected chi connectivity index (χ3v) is 1.33. The quantitative estimate of drug-likeness (QED) is 0.516. The van der Waals surface area contributed by atoms with Crippen LogP contribution in [-0.4, -0.2) is 37.4 Å². The Balaban J connectivity index is 4.04. The van der Waals surface area contributed by atoms with Gasteiger partial charge in [-0.1, -0.05) is 6.92 Å². The van der Waals surface area contributed by atoms with Crippen LogP contribution in [0.4, 0.5) is 22.0 Å². The molecule has 80 valence electrons. The number of rotatable bonds is 4. The first-order valence-corrected chi connectivity index (χ1v) is 3.49. The summed E-state index contributed by atoms with van der Waals surface area (Å²) < 4.78 is 58.9. The third-order valence-electron chi connectivity index (χ3n) is 1.33. The molecule has 13 heavy (non-hydrogen) atoms. The molecule has 2 nitrogen and oxygen atoms in total. The molecule has 0 atom stereocenters.